The second-order valence-electron chi connectivity index (χ2n) is 6.16. The van der Waals surface area contributed by atoms with Crippen molar-refractivity contribution in [2.24, 2.45) is 5.92 Å². The van der Waals surface area contributed by atoms with Gasteiger partial charge in [-0.25, -0.2) is 4.98 Å². The van der Waals surface area contributed by atoms with Crippen LogP contribution in [0.1, 0.15) is 12.2 Å². The molecular formula is C20H19N3O2. The van der Waals surface area contributed by atoms with Crippen molar-refractivity contribution in [3.8, 4) is 11.5 Å². The minimum atomic E-state index is -0.0323. The summed E-state index contributed by atoms with van der Waals surface area (Å²) in [4.78, 5) is 16.8. The fraction of sp³-hybridized carbons (Fsp3) is 0.200. The van der Waals surface area contributed by atoms with Crippen molar-refractivity contribution < 1.29 is 9.53 Å². The Bertz CT molecular complexity index is 856. The van der Waals surface area contributed by atoms with Crippen molar-refractivity contribution in [1.29, 1.82) is 0 Å². The van der Waals surface area contributed by atoms with E-state index < -0.39 is 0 Å². The van der Waals surface area contributed by atoms with E-state index in [2.05, 4.69) is 14.9 Å². The maximum absolute atomic E-state index is 12.5. The molecule has 126 valence electrons. The fourth-order valence-electron chi connectivity index (χ4n) is 3.05. The molecule has 0 saturated carbocycles. The molecule has 0 bridgehead atoms. The van der Waals surface area contributed by atoms with E-state index in [9.17, 15) is 4.79 Å². The van der Waals surface area contributed by atoms with Crippen LogP contribution in [0.3, 0.4) is 0 Å². The Labute approximate surface area is 146 Å². The van der Waals surface area contributed by atoms with E-state index in [1.807, 2.05) is 60.8 Å². The fourth-order valence-corrected chi connectivity index (χ4v) is 3.05. The topological polar surface area (TPSA) is 56.1 Å². The highest BCUT2D eigenvalue weighted by Crippen LogP contribution is 2.24. The first-order valence-corrected chi connectivity index (χ1v) is 8.42. The first-order chi connectivity index (χ1) is 12.3. The zero-order chi connectivity index (χ0) is 17.1. The molecule has 1 amide bonds. The molecule has 3 aromatic rings. The number of hydrogen-bond acceptors (Lipinski definition) is 3. The van der Waals surface area contributed by atoms with Crippen LogP contribution in [0.5, 0.6) is 11.5 Å². The van der Waals surface area contributed by atoms with E-state index in [0.29, 0.717) is 6.42 Å². The SMILES string of the molecule is O=C(Nc1ccc(Oc2ccccc2)cc1)C1CCn2ccnc2C1. The molecule has 4 rings (SSSR count). The molecule has 5 nitrogen and oxygen atoms in total. The van der Waals surface area contributed by atoms with E-state index in [0.717, 1.165) is 36.0 Å². The molecular weight excluding hydrogens is 314 g/mol. The van der Waals surface area contributed by atoms with E-state index in [1.54, 1.807) is 6.20 Å². The molecule has 1 aromatic heterocycles. The summed E-state index contributed by atoms with van der Waals surface area (Å²) in [6.07, 6.45) is 5.29. The summed E-state index contributed by atoms with van der Waals surface area (Å²) in [6.45, 7) is 0.845. The number of carbonyl (C=O) groups is 1. The third-order valence-electron chi connectivity index (χ3n) is 4.42. The van der Waals surface area contributed by atoms with Gasteiger partial charge in [0.05, 0.1) is 0 Å². The van der Waals surface area contributed by atoms with Gasteiger partial charge in [0.15, 0.2) is 0 Å². The van der Waals surface area contributed by atoms with Gasteiger partial charge in [-0.15, -0.1) is 0 Å². The molecule has 1 unspecified atom stereocenters. The molecule has 5 heteroatoms. The van der Waals surface area contributed by atoms with Crippen molar-refractivity contribution in [3.05, 3.63) is 72.8 Å². The Hall–Kier alpha value is -3.08. The molecule has 2 aromatic carbocycles. The van der Waals surface area contributed by atoms with Crippen LogP contribution < -0.4 is 10.1 Å². The van der Waals surface area contributed by atoms with Crippen molar-refractivity contribution in [2.45, 2.75) is 19.4 Å². The molecule has 0 spiro atoms. The summed E-state index contributed by atoms with van der Waals surface area (Å²) in [6, 6.07) is 17.1. The highest BCUT2D eigenvalue weighted by Gasteiger charge is 2.25. The normalized spacial score (nSPS) is 16.1. The van der Waals surface area contributed by atoms with Crippen molar-refractivity contribution in [1.82, 2.24) is 9.55 Å². The lowest BCUT2D eigenvalue weighted by molar-refractivity contribution is -0.120. The third kappa shape index (κ3) is 3.55. The van der Waals surface area contributed by atoms with E-state index in [4.69, 9.17) is 4.74 Å². The molecule has 25 heavy (non-hydrogen) atoms. The van der Waals surface area contributed by atoms with Gasteiger partial charge in [0.25, 0.3) is 0 Å². The molecule has 2 heterocycles. The molecule has 1 atom stereocenters. The number of amides is 1. The lowest BCUT2D eigenvalue weighted by atomic mass is 9.97. The summed E-state index contributed by atoms with van der Waals surface area (Å²) in [5.74, 6) is 2.53. The molecule has 0 fully saturated rings. The number of imidazole rings is 1. The van der Waals surface area contributed by atoms with E-state index in [1.165, 1.54) is 0 Å². The predicted octanol–water partition coefficient (Wildman–Crippen LogP) is 3.88. The largest absolute Gasteiger partial charge is 0.457 e. The number of carbonyl (C=O) groups excluding carboxylic acids is 1. The van der Waals surface area contributed by atoms with Crippen LogP contribution in [-0.2, 0) is 17.8 Å². The van der Waals surface area contributed by atoms with Gasteiger partial charge in [-0.2, -0.15) is 0 Å². The average Bonchev–Trinajstić information content (AvgIpc) is 3.12. The third-order valence-corrected chi connectivity index (χ3v) is 4.42. The second-order valence-corrected chi connectivity index (χ2v) is 6.16. The van der Waals surface area contributed by atoms with Gasteiger partial charge < -0.3 is 14.6 Å². The number of ether oxygens (including phenoxy) is 1. The minimum absolute atomic E-state index is 0.0323. The number of hydrogen-bond donors (Lipinski definition) is 1. The van der Waals surface area contributed by atoms with Gasteiger partial charge in [-0.05, 0) is 42.8 Å². The first-order valence-electron chi connectivity index (χ1n) is 8.42. The monoisotopic (exact) mass is 333 g/mol. The zero-order valence-electron chi connectivity index (χ0n) is 13.8. The predicted molar refractivity (Wildman–Crippen MR) is 95.6 cm³/mol. The highest BCUT2D eigenvalue weighted by atomic mass is 16.5. The van der Waals surface area contributed by atoms with Crippen LogP contribution in [0.2, 0.25) is 0 Å². The van der Waals surface area contributed by atoms with Crippen LogP contribution in [-0.4, -0.2) is 15.5 Å². The van der Waals surface area contributed by atoms with Gasteiger partial charge in [-0.1, -0.05) is 18.2 Å². The van der Waals surface area contributed by atoms with Gasteiger partial charge in [-0.3, -0.25) is 4.79 Å². The van der Waals surface area contributed by atoms with Crippen LogP contribution in [0.4, 0.5) is 5.69 Å². The Morgan fingerprint density at radius 2 is 1.84 bits per heavy atom. The number of aromatic nitrogens is 2. The lowest BCUT2D eigenvalue weighted by Crippen LogP contribution is -2.30. The van der Waals surface area contributed by atoms with Crippen LogP contribution >= 0.6 is 0 Å². The maximum atomic E-state index is 12.5. The number of para-hydroxylation sites is 1. The number of nitrogens with zero attached hydrogens (tertiary/aromatic N) is 2. The molecule has 0 saturated heterocycles. The molecule has 0 radical (unpaired) electrons. The first kappa shape index (κ1) is 15.4. The highest BCUT2D eigenvalue weighted by molar-refractivity contribution is 5.92. The van der Waals surface area contributed by atoms with Gasteiger partial charge in [0.1, 0.15) is 17.3 Å². The average molecular weight is 333 g/mol. The van der Waals surface area contributed by atoms with Crippen LogP contribution in [0, 0.1) is 5.92 Å². The number of aryl methyl sites for hydroxylation is 1. The summed E-state index contributed by atoms with van der Waals surface area (Å²) in [7, 11) is 0. The quantitative estimate of drug-likeness (QED) is 0.788. The Kier molecular flexibility index (Phi) is 4.21. The van der Waals surface area contributed by atoms with Gasteiger partial charge >= 0.3 is 0 Å². The minimum Gasteiger partial charge on any atom is -0.457 e. The van der Waals surface area contributed by atoms with Crippen LogP contribution in [0.25, 0.3) is 0 Å². The summed E-state index contributed by atoms with van der Waals surface area (Å²) >= 11 is 0. The number of nitrogens with one attached hydrogen (secondary N) is 1. The van der Waals surface area contributed by atoms with Crippen molar-refractivity contribution in [3.63, 3.8) is 0 Å². The van der Waals surface area contributed by atoms with Gasteiger partial charge in [0.2, 0.25) is 5.91 Å². The Morgan fingerprint density at radius 3 is 2.64 bits per heavy atom. The van der Waals surface area contributed by atoms with Crippen molar-refractivity contribution in [2.75, 3.05) is 5.32 Å². The molecule has 0 aliphatic carbocycles. The summed E-state index contributed by atoms with van der Waals surface area (Å²) in [5, 5.41) is 2.99. The molecule has 1 aliphatic rings. The summed E-state index contributed by atoms with van der Waals surface area (Å²) < 4.78 is 7.87. The van der Waals surface area contributed by atoms with Gasteiger partial charge in [0, 0.05) is 37.0 Å². The summed E-state index contributed by atoms with van der Waals surface area (Å²) in [5.41, 5.74) is 0.777. The van der Waals surface area contributed by atoms with Crippen LogP contribution in [0.15, 0.2) is 67.0 Å². The number of fused-ring (bicyclic) bond motifs is 1. The number of rotatable bonds is 4. The van der Waals surface area contributed by atoms with E-state index >= 15 is 0 Å². The maximum Gasteiger partial charge on any atom is 0.228 e. The lowest BCUT2D eigenvalue weighted by Gasteiger charge is -2.22. The Morgan fingerprint density at radius 1 is 1.08 bits per heavy atom. The zero-order valence-corrected chi connectivity index (χ0v) is 13.8. The smallest absolute Gasteiger partial charge is 0.228 e. The number of benzene rings is 2. The second kappa shape index (κ2) is 6.81. The standard InChI is InChI=1S/C20H19N3O2/c24-20(15-10-12-23-13-11-21-19(23)14-15)22-16-6-8-18(9-7-16)25-17-4-2-1-3-5-17/h1-9,11,13,15H,10,12,14H2,(H,22,24). The van der Waals surface area contributed by atoms with Crippen molar-refractivity contribution >= 4 is 11.6 Å². The van der Waals surface area contributed by atoms with E-state index in [-0.39, 0.29) is 11.8 Å². The molecule has 1 N–H and O–H groups in total. The Balaban J connectivity index is 1.37. The number of anilines is 1. The molecule has 1 aliphatic heterocycles.